The summed E-state index contributed by atoms with van der Waals surface area (Å²) in [5, 5.41) is 32.2. The van der Waals surface area contributed by atoms with Gasteiger partial charge in [-0.05, 0) is 5.53 Å². The van der Waals surface area contributed by atoms with Gasteiger partial charge in [-0.25, -0.2) is 4.79 Å². The lowest BCUT2D eigenvalue weighted by atomic mass is 10.0. The first-order chi connectivity index (χ1) is 9.43. The van der Waals surface area contributed by atoms with E-state index in [0.29, 0.717) is 0 Å². The molecule has 108 valence electrons. The summed E-state index contributed by atoms with van der Waals surface area (Å²) in [7, 11) is 0. The van der Waals surface area contributed by atoms with E-state index in [0.717, 1.165) is 16.8 Å². The maximum absolute atomic E-state index is 11.6. The Bertz CT molecular complexity index is 663. The fourth-order valence-electron chi connectivity index (χ4n) is 1.96. The maximum atomic E-state index is 11.6. The van der Waals surface area contributed by atoms with Crippen LogP contribution in [-0.4, -0.2) is 49.4 Å². The lowest BCUT2D eigenvalue weighted by Gasteiger charge is -2.24. The first-order valence-electron chi connectivity index (χ1n) is 5.48. The normalized spacial score (nSPS) is 32.9. The molecule has 1 aliphatic rings. The van der Waals surface area contributed by atoms with Crippen LogP contribution in [0.15, 0.2) is 27.0 Å². The molecule has 2 heterocycles. The SMILES string of the molecule is [N-]=[N+]=N[C@@]1(O)[C@@H](CO)O[C@@H](n2ccc(=O)[nH]c2=O)[C@@H]1O. The minimum absolute atomic E-state index is 0.650. The van der Waals surface area contributed by atoms with Crippen LogP contribution in [-0.2, 0) is 4.74 Å². The number of aliphatic hydroxyl groups is 3. The van der Waals surface area contributed by atoms with Crippen LogP contribution in [0.3, 0.4) is 0 Å². The van der Waals surface area contributed by atoms with E-state index in [2.05, 4.69) is 10.0 Å². The molecular formula is C9H11N5O6. The molecule has 0 radical (unpaired) electrons. The highest BCUT2D eigenvalue weighted by Crippen LogP contribution is 2.37. The number of aromatic nitrogens is 2. The van der Waals surface area contributed by atoms with Crippen molar-refractivity contribution >= 4 is 0 Å². The summed E-state index contributed by atoms with van der Waals surface area (Å²) < 4.78 is 5.93. The van der Waals surface area contributed by atoms with Crippen LogP contribution in [0.5, 0.6) is 0 Å². The highest BCUT2D eigenvalue weighted by atomic mass is 16.6. The molecule has 4 N–H and O–H groups in total. The van der Waals surface area contributed by atoms with E-state index in [-0.39, 0.29) is 0 Å². The third-order valence-electron chi connectivity index (χ3n) is 2.98. The fourth-order valence-corrected chi connectivity index (χ4v) is 1.96. The van der Waals surface area contributed by atoms with Gasteiger partial charge in [0, 0.05) is 17.2 Å². The Morgan fingerprint density at radius 2 is 2.30 bits per heavy atom. The monoisotopic (exact) mass is 285 g/mol. The largest absolute Gasteiger partial charge is 0.394 e. The molecule has 1 fully saturated rings. The van der Waals surface area contributed by atoms with Gasteiger partial charge in [0.25, 0.3) is 5.56 Å². The Balaban J connectivity index is 2.47. The van der Waals surface area contributed by atoms with E-state index < -0.39 is 42.0 Å². The molecule has 1 aromatic heterocycles. The first kappa shape index (κ1) is 14.2. The van der Waals surface area contributed by atoms with E-state index in [4.69, 9.17) is 15.4 Å². The Morgan fingerprint density at radius 1 is 1.60 bits per heavy atom. The molecule has 11 nitrogen and oxygen atoms in total. The Kier molecular flexibility index (Phi) is 3.61. The third-order valence-corrected chi connectivity index (χ3v) is 2.98. The predicted octanol–water partition coefficient (Wildman–Crippen LogP) is -2.21. The lowest BCUT2D eigenvalue weighted by molar-refractivity contribution is -0.0881. The molecule has 0 spiro atoms. The molecule has 0 saturated carbocycles. The number of aromatic amines is 1. The van der Waals surface area contributed by atoms with Crippen molar-refractivity contribution in [3.8, 4) is 0 Å². The first-order valence-corrected chi connectivity index (χ1v) is 5.48. The van der Waals surface area contributed by atoms with Gasteiger partial charge in [-0.1, -0.05) is 5.11 Å². The molecule has 4 atom stereocenters. The number of aliphatic hydroxyl groups excluding tert-OH is 2. The van der Waals surface area contributed by atoms with Crippen molar-refractivity contribution in [3.05, 3.63) is 43.5 Å². The number of hydrogen-bond donors (Lipinski definition) is 4. The van der Waals surface area contributed by atoms with E-state index in [9.17, 15) is 19.8 Å². The van der Waals surface area contributed by atoms with Crippen LogP contribution in [0.25, 0.3) is 10.4 Å². The number of hydrogen-bond acceptors (Lipinski definition) is 7. The second-order valence-corrected chi connectivity index (χ2v) is 4.13. The molecule has 2 rings (SSSR count). The molecule has 1 saturated heterocycles. The van der Waals surface area contributed by atoms with Gasteiger partial charge in [-0.2, -0.15) is 0 Å². The summed E-state index contributed by atoms with van der Waals surface area (Å²) in [5.41, 5.74) is 4.44. The van der Waals surface area contributed by atoms with E-state index >= 15 is 0 Å². The summed E-state index contributed by atoms with van der Waals surface area (Å²) >= 11 is 0. The minimum atomic E-state index is -2.43. The average molecular weight is 285 g/mol. The van der Waals surface area contributed by atoms with Gasteiger partial charge in [0.15, 0.2) is 6.23 Å². The van der Waals surface area contributed by atoms with Crippen molar-refractivity contribution in [3.63, 3.8) is 0 Å². The summed E-state index contributed by atoms with van der Waals surface area (Å²) in [5.74, 6) is 0. The van der Waals surface area contributed by atoms with Crippen molar-refractivity contribution < 1.29 is 20.1 Å². The van der Waals surface area contributed by atoms with Crippen molar-refractivity contribution in [2.75, 3.05) is 6.61 Å². The zero-order valence-corrected chi connectivity index (χ0v) is 9.95. The molecule has 0 unspecified atom stereocenters. The molecule has 0 bridgehead atoms. The van der Waals surface area contributed by atoms with Gasteiger partial charge >= 0.3 is 5.69 Å². The summed E-state index contributed by atoms with van der Waals surface area (Å²) in [6.07, 6.45) is -3.60. The average Bonchev–Trinajstić information content (AvgIpc) is 2.63. The second-order valence-electron chi connectivity index (χ2n) is 4.13. The molecule has 0 aliphatic carbocycles. The van der Waals surface area contributed by atoms with Gasteiger partial charge < -0.3 is 20.1 Å². The van der Waals surface area contributed by atoms with Gasteiger partial charge in [0.05, 0.1) is 6.61 Å². The molecular weight excluding hydrogens is 274 g/mol. The third kappa shape index (κ3) is 2.09. The lowest BCUT2D eigenvalue weighted by Crippen LogP contribution is -2.47. The van der Waals surface area contributed by atoms with E-state index in [1.54, 1.807) is 0 Å². The van der Waals surface area contributed by atoms with Crippen molar-refractivity contribution in [2.45, 2.75) is 24.2 Å². The van der Waals surface area contributed by atoms with Crippen LogP contribution in [0.4, 0.5) is 0 Å². The number of rotatable bonds is 3. The Hall–Kier alpha value is -2.17. The molecule has 0 amide bonds. The molecule has 0 aromatic carbocycles. The smallest absolute Gasteiger partial charge is 0.330 e. The van der Waals surface area contributed by atoms with Crippen LogP contribution < -0.4 is 11.2 Å². The van der Waals surface area contributed by atoms with E-state index in [1.807, 2.05) is 4.98 Å². The Labute approximate surface area is 110 Å². The maximum Gasteiger partial charge on any atom is 0.330 e. The molecule has 1 aromatic rings. The number of ether oxygens (including phenoxy) is 1. The van der Waals surface area contributed by atoms with Gasteiger partial charge in [-0.15, -0.1) is 0 Å². The fraction of sp³-hybridized carbons (Fsp3) is 0.556. The number of azide groups is 1. The number of H-pyrrole nitrogens is 1. The number of nitrogens with one attached hydrogen (secondary N) is 1. The Morgan fingerprint density at radius 3 is 2.85 bits per heavy atom. The molecule has 11 heteroatoms. The van der Waals surface area contributed by atoms with Crippen LogP contribution in [0, 0.1) is 0 Å². The molecule has 1 aliphatic heterocycles. The zero-order valence-electron chi connectivity index (χ0n) is 9.95. The predicted molar refractivity (Wildman–Crippen MR) is 62.4 cm³/mol. The van der Waals surface area contributed by atoms with Gasteiger partial charge in [0.2, 0.25) is 5.72 Å². The highest BCUT2D eigenvalue weighted by molar-refractivity contribution is 5.02. The van der Waals surface area contributed by atoms with Gasteiger partial charge in [0.1, 0.15) is 12.2 Å². The zero-order chi connectivity index (χ0) is 14.9. The van der Waals surface area contributed by atoms with Crippen LogP contribution in [0.2, 0.25) is 0 Å². The standard InChI is InChI=1S/C9H11N5O6/c10-13-12-9(19)4(3-15)20-7(6(9)17)14-2-1-5(16)11-8(14)18/h1-2,4,6-7,15,17,19H,3H2,(H,11,16,18)/t4-,6+,7-,9-/m1/s1. The second kappa shape index (κ2) is 5.07. The van der Waals surface area contributed by atoms with Crippen LogP contribution >= 0.6 is 0 Å². The van der Waals surface area contributed by atoms with Crippen LogP contribution in [0.1, 0.15) is 6.23 Å². The van der Waals surface area contributed by atoms with E-state index in [1.165, 1.54) is 0 Å². The highest BCUT2D eigenvalue weighted by Gasteiger charge is 2.55. The summed E-state index contributed by atoms with van der Waals surface area (Å²) in [6, 6.07) is 1.01. The quantitative estimate of drug-likeness (QED) is 0.278. The van der Waals surface area contributed by atoms with Crippen molar-refractivity contribution in [2.24, 2.45) is 5.11 Å². The van der Waals surface area contributed by atoms with Crippen molar-refractivity contribution in [1.82, 2.24) is 9.55 Å². The van der Waals surface area contributed by atoms with Crippen molar-refractivity contribution in [1.29, 1.82) is 0 Å². The summed E-state index contributed by atoms with van der Waals surface area (Å²) in [6.45, 7) is -0.749. The number of nitrogens with zero attached hydrogens (tertiary/aromatic N) is 4. The topological polar surface area (TPSA) is 174 Å². The molecule has 20 heavy (non-hydrogen) atoms. The van der Waals surface area contributed by atoms with Gasteiger partial charge in [-0.3, -0.25) is 14.3 Å². The minimum Gasteiger partial charge on any atom is -0.394 e. The summed E-state index contributed by atoms with van der Waals surface area (Å²) in [4.78, 5) is 26.9.